The topological polar surface area (TPSA) is 58.6 Å². The van der Waals surface area contributed by atoms with E-state index in [0.717, 1.165) is 37.3 Å². The number of alkyl halides is 3. The lowest BCUT2D eigenvalue weighted by atomic mass is 9.98. The number of hydrogen-bond donors (Lipinski definition) is 2. The predicted molar refractivity (Wildman–Crippen MR) is 77.4 cm³/mol. The molecule has 2 rings (SSSR count). The molecule has 1 aliphatic carbocycles. The highest BCUT2D eigenvalue weighted by atomic mass is 19.4. The van der Waals surface area contributed by atoms with E-state index >= 15 is 0 Å². The van der Waals surface area contributed by atoms with Gasteiger partial charge in [-0.1, -0.05) is 23.1 Å². The molecule has 0 aromatic heterocycles. The molecule has 3 nitrogen and oxygen atoms in total. The van der Waals surface area contributed by atoms with Crippen LogP contribution in [0.15, 0.2) is 35.0 Å². The number of nitrogens with zero attached hydrogens (tertiary/aromatic N) is 1. The van der Waals surface area contributed by atoms with Crippen LogP contribution in [0.3, 0.4) is 0 Å². The highest BCUT2D eigenvalue weighted by Crippen LogP contribution is 2.32. The highest BCUT2D eigenvalue weighted by molar-refractivity contribution is 5.97. The molecule has 1 aromatic rings. The van der Waals surface area contributed by atoms with E-state index in [9.17, 15) is 13.2 Å². The van der Waals surface area contributed by atoms with Crippen LogP contribution in [0.5, 0.6) is 0 Å². The van der Waals surface area contributed by atoms with Gasteiger partial charge in [-0.15, -0.1) is 0 Å². The van der Waals surface area contributed by atoms with Gasteiger partial charge < -0.3 is 10.9 Å². The zero-order valence-corrected chi connectivity index (χ0v) is 11.7. The van der Waals surface area contributed by atoms with Gasteiger partial charge in [0, 0.05) is 11.1 Å². The first-order chi connectivity index (χ1) is 10.4. The molecule has 6 heteroatoms. The zero-order chi connectivity index (χ0) is 16.2. The molecule has 0 radical (unpaired) electrons. The van der Waals surface area contributed by atoms with Gasteiger partial charge in [0.1, 0.15) is 0 Å². The van der Waals surface area contributed by atoms with Crippen molar-refractivity contribution in [3.8, 4) is 11.8 Å². The second kappa shape index (κ2) is 6.56. The molecule has 116 valence electrons. The quantitative estimate of drug-likeness (QED) is 0.273. The molecule has 0 unspecified atom stereocenters. The lowest BCUT2D eigenvalue weighted by molar-refractivity contribution is -0.137. The average Bonchev–Trinajstić information content (AvgIpc) is 2.52. The first-order valence-electron chi connectivity index (χ1n) is 6.82. The van der Waals surface area contributed by atoms with Crippen LogP contribution in [0, 0.1) is 11.8 Å². The van der Waals surface area contributed by atoms with E-state index in [1.807, 2.05) is 6.08 Å². The van der Waals surface area contributed by atoms with Crippen LogP contribution in [0.2, 0.25) is 0 Å². The third-order valence-corrected chi connectivity index (χ3v) is 3.38. The molecule has 0 saturated carbocycles. The molecular formula is C16H15F3N2O. The number of amidine groups is 1. The molecule has 0 atom stereocenters. The molecule has 0 saturated heterocycles. The second-order valence-corrected chi connectivity index (χ2v) is 4.97. The van der Waals surface area contributed by atoms with E-state index in [0.29, 0.717) is 0 Å². The Kier molecular flexibility index (Phi) is 4.76. The first kappa shape index (κ1) is 16.0. The summed E-state index contributed by atoms with van der Waals surface area (Å²) >= 11 is 0. The van der Waals surface area contributed by atoms with Crippen molar-refractivity contribution in [2.75, 3.05) is 0 Å². The van der Waals surface area contributed by atoms with E-state index in [-0.39, 0.29) is 17.0 Å². The Bertz CT molecular complexity index is 679. The summed E-state index contributed by atoms with van der Waals surface area (Å²) in [6.45, 7) is 0. The van der Waals surface area contributed by atoms with E-state index < -0.39 is 11.7 Å². The summed E-state index contributed by atoms with van der Waals surface area (Å²) in [4.78, 5) is 0. The Hall–Kier alpha value is -2.42. The predicted octanol–water partition coefficient (Wildman–Crippen LogP) is 3.65. The van der Waals surface area contributed by atoms with Crippen molar-refractivity contribution in [3.05, 3.63) is 46.5 Å². The summed E-state index contributed by atoms with van der Waals surface area (Å²) in [6.07, 6.45) is 1.23. The Morgan fingerprint density at radius 3 is 2.59 bits per heavy atom. The minimum absolute atomic E-state index is 0.00254. The largest absolute Gasteiger partial charge is 0.417 e. The van der Waals surface area contributed by atoms with Crippen LogP contribution >= 0.6 is 0 Å². The van der Waals surface area contributed by atoms with Crippen molar-refractivity contribution in [1.29, 1.82) is 0 Å². The van der Waals surface area contributed by atoms with Crippen molar-refractivity contribution in [2.24, 2.45) is 10.9 Å². The van der Waals surface area contributed by atoms with Gasteiger partial charge in [0.15, 0.2) is 5.84 Å². The first-order valence-corrected chi connectivity index (χ1v) is 6.82. The van der Waals surface area contributed by atoms with Crippen molar-refractivity contribution in [1.82, 2.24) is 0 Å². The summed E-state index contributed by atoms with van der Waals surface area (Å²) in [5.74, 6) is 5.03. The fraction of sp³-hybridized carbons (Fsp3) is 0.312. The van der Waals surface area contributed by atoms with E-state index in [1.165, 1.54) is 12.1 Å². The lowest BCUT2D eigenvalue weighted by Gasteiger charge is -2.11. The molecule has 0 fully saturated rings. The maximum Gasteiger partial charge on any atom is 0.417 e. The highest BCUT2D eigenvalue weighted by Gasteiger charge is 2.33. The van der Waals surface area contributed by atoms with Gasteiger partial charge in [-0.25, -0.2) is 0 Å². The fourth-order valence-corrected chi connectivity index (χ4v) is 2.20. The minimum atomic E-state index is -4.56. The third kappa shape index (κ3) is 3.82. The molecule has 1 aliphatic rings. The zero-order valence-electron chi connectivity index (χ0n) is 11.7. The molecule has 0 amide bonds. The summed E-state index contributed by atoms with van der Waals surface area (Å²) in [5, 5.41) is 11.3. The molecule has 1 aromatic carbocycles. The molecule has 22 heavy (non-hydrogen) atoms. The normalized spacial score (nSPS) is 15.8. The van der Waals surface area contributed by atoms with Crippen molar-refractivity contribution < 1.29 is 18.4 Å². The number of nitrogens with two attached hydrogens (primary N) is 1. The number of oxime groups is 1. The third-order valence-electron chi connectivity index (χ3n) is 3.38. The summed E-state index contributed by atoms with van der Waals surface area (Å²) in [7, 11) is 0. The minimum Gasteiger partial charge on any atom is -0.409 e. The molecule has 0 bridgehead atoms. The molecular weight excluding hydrogens is 293 g/mol. The van der Waals surface area contributed by atoms with E-state index in [2.05, 4.69) is 17.0 Å². The van der Waals surface area contributed by atoms with E-state index in [1.54, 1.807) is 0 Å². The Morgan fingerprint density at radius 1 is 1.23 bits per heavy atom. The van der Waals surface area contributed by atoms with Crippen molar-refractivity contribution in [2.45, 2.75) is 31.9 Å². The van der Waals surface area contributed by atoms with E-state index in [4.69, 9.17) is 10.9 Å². The van der Waals surface area contributed by atoms with Crippen LogP contribution in [-0.4, -0.2) is 11.0 Å². The summed E-state index contributed by atoms with van der Waals surface area (Å²) < 4.78 is 39.4. The Labute approximate surface area is 126 Å². The van der Waals surface area contributed by atoms with Gasteiger partial charge in [-0.05, 0) is 49.5 Å². The van der Waals surface area contributed by atoms with Crippen LogP contribution in [-0.2, 0) is 6.18 Å². The molecule has 0 spiro atoms. The smallest absolute Gasteiger partial charge is 0.409 e. The maximum atomic E-state index is 13.1. The van der Waals surface area contributed by atoms with Gasteiger partial charge in [0.05, 0.1) is 5.56 Å². The number of hydrogen-bond acceptors (Lipinski definition) is 2. The Balaban J connectivity index is 2.43. The average molecular weight is 308 g/mol. The summed E-state index contributed by atoms with van der Waals surface area (Å²) in [6, 6.07) is 3.43. The van der Waals surface area contributed by atoms with Gasteiger partial charge in [-0.3, -0.25) is 0 Å². The monoisotopic (exact) mass is 308 g/mol. The van der Waals surface area contributed by atoms with Crippen LogP contribution in [0.25, 0.3) is 0 Å². The number of benzene rings is 1. The van der Waals surface area contributed by atoms with Gasteiger partial charge in [-0.2, -0.15) is 13.2 Å². The van der Waals surface area contributed by atoms with Gasteiger partial charge in [0.2, 0.25) is 0 Å². The molecule has 0 aliphatic heterocycles. The maximum absolute atomic E-state index is 13.1. The standard InChI is InChI=1S/C16H15F3N2O/c17-16(18,19)14-10-13(15(20)21-22)9-8-12(14)7-6-11-4-2-1-3-5-11/h4,8-10,22H,1-3,5H2,(H2,20,21). The van der Waals surface area contributed by atoms with Gasteiger partial charge in [0.25, 0.3) is 0 Å². The molecule has 3 N–H and O–H groups in total. The molecule has 0 heterocycles. The van der Waals surface area contributed by atoms with Crippen LogP contribution < -0.4 is 5.73 Å². The fourth-order valence-electron chi connectivity index (χ4n) is 2.20. The number of halogens is 3. The second-order valence-electron chi connectivity index (χ2n) is 4.97. The SMILES string of the molecule is NC(=NO)c1ccc(C#CC2=CCCCC2)c(C(F)(F)F)c1. The number of rotatable bonds is 1. The van der Waals surface area contributed by atoms with Crippen molar-refractivity contribution >= 4 is 5.84 Å². The van der Waals surface area contributed by atoms with Crippen LogP contribution in [0.4, 0.5) is 13.2 Å². The lowest BCUT2D eigenvalue weighted by Crippen LogP contribution is -2.16. The number of allylic oxidation sites excluding steroid dienone is 2. The van der Waals surface area contributed by atoms with Crippen LogP contribution in [0.1, 0.15) is 42.4 Å². The van der Waals surface area contributed by atoms with Gasteiger partial charge >= 0.3 is 6.18 Å². The summed E-state index contributed by atoms with van der Waals surface area (Å²) in [5.41, 5.74) is 5.20. The Morgan fingerprint density at radius 2 is 2.00 bits per heavy atom. The van der Waals surface area contributed by atoms with Crippen molar-refractivity contribution in [3.63, 3.8) is 0 Å².